The first-order valence-electron chi connectivity index (χ1n) is 5.27. The molecule has 0 amide bonds. The Kier molecular flexibility index (Phi) is 3.51. The zero-order chi connectivity index (χ0) is 13.8. The first-order chi connectivity index (χ1) is 9.10. The van der Waals surface area contributed by atoms with Crippen molar-refractivity contribution in [1.82, 2.24) is 0 Å². The highest BCUT2D eigenvalue weighted by atomic mass is 19.1. The molecule has 2 rings (SSSR count). The summed E-state index contributed by atoms with van der Waals surface area (Å²) in [7, 11) is 0. The standard InChI is InChI=1S/C13H8FNO4/c14-10-3-6-13(12(7-10)15(17)18)19-11-4-1-9(8-16)2-5-11/h1-8H. The zero-order valence-corrected chi connectivity index (χ0v) is 9.58. The van der Waals surface area contributed by atoms with E-state index < -0.39 is 16.4 Å². The highest BCUT2D eigenvalue weighted by molar-refractivity contribution is 5.74. The lowest BCUT2D eigenvalue weighted by molar-refractivity contribution is -0.385. The number of aldehydes is 1. The van der Waals surface area contributed by atoms with Gasteiger partial charge in [-0.05, 0) is 36.4 Å². The number of hydrogen-bond donors (Lipinski definition) is 0. The van der Waals surface area contributed by atoms with Crippen LogP contribution in [-0.2, 0) is 0 Å². The zero-order valence-electron chi connectivity index (χ0n) is 9.58. The molecule has 0 bridgehead atoms. The van der Waals surface area contributed by atoms with Gasteiger partial charge in [0.05, 0.1) is 11.0 Å². The summed E-state index contributed by atoms with van der Waals surface area (Å²) in [6, 6.07) is 9.06. The fourth-order valence-electron chi connectivity index (χ4n) is 1.46. The summed E-state index contributed by atoms with van der Waals surface area (Å²) in [5, 5.41) is 10.8. The molecule has 0 radical (unpaired) electrons. The van der Waals surface area contributed by atoms with Gasteiger partial charge in [-0.1, -0.05) is 0 Å². The number of benzene rings is 2. The maximum absolute atomic E-state index is 12.9. The van der Waals surface area contributed by atoms with E-state index in [1.807, 2.05) is 0 Å². The molecule has 0 saturated carbocycles. The summed E-state index contributed by atoms with van der Waals surface area (Å²) in [6.45, 7) is 0. The summed E-state index contributed by atoms with van der Waals surface area (Å²) in [6.07, 6.45) is 0.671. The van der Waals surface area contributed by atoms with Gasteiger partial charge < -0.3 is 4.74 Å². The normalized spacial score (nSPS) is 9.95. The Labute approximate surface area is 107 Å². The number of carbonyl (C=O) groups excluding carboxylic acids is 1. The number of carbonyl (C=O) groups is 1. The fraction of sp³-hybridized carbons (Fsp3) is 0. The summed E-state index contributed by atoms with van der Waals surface area (Å²) in [5.41, 5.74) is 0.000389. The van der Waals surface area contributed by atoms with Crippen molar-refractivity contribution in [2.24, 2.45) is 0 Å². The minimum atomic E-state index is -0.724. The molecule has 0 N–H and O–H groups in total. The third-order valence-electron chi connectivity index (χ3n) is 2.36. The van der Waals surface area contributed by atoms with Crippen molar-refractivity contribution in [2.45, 2.75) is 0 Å². The first kappa shape index (κ1) is 12.7. The molecule has 0 unspecified atom stereocenters. The van der Waals surface area contributed by atoms with Gasteiger partial charge in [0.1, 0.15) is 17.9 Å². The van der Waals surface area contributed by atoms with E-state index in [-0.39, 0.29) is 5.75 Å². The Hall–Kier alpha value is -2.76. The van der Waals surface area contributed by atoms with Crippen molar-refractivity contribution in [3.8, 4) is 11.5 Å². The van der Waals surface area contributed by atoms with E-state index in [4.69, 9.17) is 4.74 Å². The van der Waals surface area contributed by atoms with Gasteiger partial charge in [-0.3, -0.25) is 14.9 Å². The van der Waals surface area contributed by atoms with Crippen LogP contribution in [0.25, 0.3) is 0 Å². The van der Waals surface area contributed by atoms with Crippen molar-refractivity contribution in [2.75, 3.05) is 0 Å². The van der Waals surface area contributed by atoms with Gasteiger partial charge in [0.2, 0.25) is 5.75 Å². The second kappa shape index (κ2) is 5.26. The van der Waals surface area contributed by atoms with Crippen LogP contribution in [0.5, 0.6) is 11.5 Å². The first-order valence-corrected chi connectivity index (χ1v) is 5.27. The van der Waals surface area contributed by atoms with Gasteiger partial charge in [-0.2, -0.15) is 0 Å². The van der Waals surface area contributed by atoms with Crippen molar-refractivity contribution >= 4 is 12.0 Å². The van der Waals surface area contributed by atoms with Crippen LogP contribution in [0, 0.1) is 15.9 Å². The van der Waals surface area contributed by atoms with E-state index in [0.29, 0.717) is 17.6 Å². The highest BCUT2D eigenvalue weighted by Crippen LogP contribution is 2.31. The lowest BCUT2D eigenvalue weighted by atomic mass is 10.2. The molecule has 0 fully saturated rings. The molecule has 0 aliphatic carbocycles. The van der Waals surface area contributed by atoms with Gasteiger partial charge in [0, 0.05) is 5.56 Å². The SMILES string of the molecule is O=Cc1ccc(Oc2ccc(F)cc2[N+](=O)[O-])cc1. The molecule has 0 aliphatic rings. The Morgan fingerprint density at radius 2 is 1.84 bits per heavy atom. The van der Waals surface area contributed by atoms with Crippen molar-refractivity contribution < 1.29 is 18.8 Å². The van der Waals surface area contributed by atoms with Crippen molar-refractivity contribution in [3.05, 3.63) is 64.0 Å². The minimum absolute atomic E-state index is 0.0646. The van der Waals surface area contributed by atoms with E-state index in [1.54, 1.807) is 0 Å². The van der Waals surface area contributed by atoms with E-state index in [0.717, 1.165) is 12.1 Å². The summed E-state index contributed by atoms with van der Waals surface area (Å²) < 4.78 is 18.2. The maximum atomic E-state index is 12.9. The fourth-order valence-corrected chi connectivity index (χ4v) is 1.46. The van der Waals surface area contributed by atoms with Crippen LogP contribution in [-0.4, -0.2) is 11.2 Å². The summed E-state index contributed by atoms with van der Waals surface area (Å²) in [5.74, 6) is -0.457. The molecule has 96 valence electrons. The Bertz CT molecular complexity index is 625. The number of ether oxygens (including phenoxy) is 1. The molecule has 2 aromatic carbocycles. The van der Waals surface area contributed by atoms with Crippen LogP contribution in [0.15, 0.2) is 42.5 Å². The van der Waals surface area contributed by atoms with E-state index >= 15 is 0 Å². The second-order valence-electron chi connectivity index (χ2n) is 3.66. The molecular formula is C13H8FNO4. The molecular weight excluding hydrogens is 253 g/mol. The molecule has 6 heteroatoms. The monoisotopic (exact) mass is 261 g/mol. The minimum Gasteiger partial charge on any atom is -0.450 e. The molecule has 0 saturated heterocycles. The van der Waals surface area contributed by atoms with E-state index in [1.165, 1.54) is 30.3 Å². The number of nitrogens with zero attached hydrogens (tertiary/aromatic N) is 1. The van der Waals surface area contributed by atoms with Crippen LogP contribution >= 0.6 is 0 Å². The average molecular weight is 261 g/mol. The Morgan fingerprint density at radius 3 is 2.42 bits per heavy atom. The van der Waals surface area contributed by atoms with Gasteiger partial charge in [-0.15, -0.1) is 0 Å². The van der Waals surface area contributed by atoms with Gasteiger partial charge in [0.15, 0.2) is 0 Å². The topological polar surface area (TPSA) is 69.4 Å². The molecule has 0 heterocycles. The van der Waals surface area contributed by atoms with Crippen LogP contribution in [0.4, 0.5) is 10.1 Å². The molecule has 0 spiro atoms. The number of nitro groups is 1. The maximum Gasteiger partial charge on any atom is 0.314 e. The molecule has 19 heavy (non-hydrogen) atoms. The van der Waals surface area contributed by atoms with Crippen LogP contribution in [0.1, 0.15) is 10.4 Å². The molecule has 0 aliphatic heterocycles. The lowest BCUT2D eigenvalue weighted by Gasteiger charge is -2.06. The molecule has 5 nitrogen and oxygen atoms in total. The smallest absolute Gasteiger partial charge is 0.314 e. The predicted molar refractivity (Wildman–Crippen MR) is 65.0 cm³/mol. The number of rotatable bonds is 4. The van der Waals surface area contributed by atoms with Crippen LogP contribution in [0.3, 0.4) is 0 Å². The van der Waals surface area contributed by atoms with Crippen LogP contribution in [0.2, 0.25) is 0 Å². The lowest BCUT2D eigenvalue weighted by Crippen LogP contribution is -1.94. The van der Waals surface area contributed by atoms with E-state index in [2.05, 4.69) is 0 Å². The quantitative estimate of drug-likeness (QED) is 0.480. The second-order valence-corrected chi connectivity index (χ2v) is 3.66. The average Bonchev–Trinajstić information content (AvgIpc) is 2.41. The van der Waals surface area contributed by atoms with Crippen molar-refractivity contribution in [3.63, 3.8) is 0 Å². The van der Waals surface area contributed by atoms with Crippen molar-refractivity contribution in [1.29, 1.82) is 0 Å². The van der Waals surface area contributed by atoms with E-state index in [9.17, 15) is 19.3 Å². The highest BCUT2D eigenvalue weighted by Gasteiger charge is 2.16. The molecule has 0 aromatic heterocycles. The number of hydrogen-bond acceptors (Lipinski definition) is 4. The molecule has 2 aromatic rings. The molecule has 0 atom stereocenters. The Morgan fingerprint density at radius 1 is 1.16 bits per heavy atom. The Balaban J connectivity index is 2.31. The predicted octanol–water partition coefficient (Wildman–Crippen LogP) is 3.34. The largest absolute Gasteiger partial charge is 0.450 e. The number of halogens is 1. The van der Waals surface area contributed by atoms with Gasteiger partial charge in [0.25, 0.3) is 0 Å². The third kappa shape index (κ3) is 2.92. The van der Waals surface area contributed by atoms with Gasteiger partial charge in [-0.25, -0.2) is 4.39 Å². The third-order valence-corrected chi connectivity index (χ3v) is 2.36. The summed E-state index contributed by atoms with van der Waals surface area (Å²) in [4.78, 5) is 20.5. The van der Waals surface area contributed by atoms with Gasteiger partial charge >= 0.3 is 5.69 Å². The summed E-state index contributed by atoms with van der Waals surface area (Å²) >= 11 is 0. The van der Waals surface area contributed by atoms with Crippen LogP contribution < -0.4 is 4.74 Å². The number of nitro benzene ring substituents is 1.